The molecule has 0 bridgehead atoms. The van der Waals surface area contributed by atoms with E-state index in [2.05, 4.69) is 20.9 Å². The number of ether oxygens (including phenoxy) is 1. The van der Waals surface area contributed by atoms with Gasteiger partial charge >= 0.3 is 5.97 Å². The van der Waals surface area contributed by atoms with Gasteiger partial charge in [0.25, 0.3) is 0 Å². The van der Waals surface area contributed by atoms with Crippen molar-refractivity contribution in [1.29, 1.82) is 0 Å². The van der Waals surface area contributed by atoms with Gasteiger partial charge in [0.1, 0.15) is 12.2 Å². The highest BCUT2D eigenvalue weighted by molar-refractivity contribution is 9.10. The minimum Gasteiger partial charge on any atom is -0.477 e. The number of nitrogens with zero attached hydrogens (tertiary/aromatic N) is 1. The van der Waals surface area contributed by atoms with E-state index in [1.165, 1.54) is 0 Å². The number of benzene rings is 1. The molecule has 0 amide bonds. The fourth-order valence-electron chi connectivity index (χ4n) is 1.95. The van der Waals surface area contributed by atoms with Crippen molar-refractivity contribution in [2.24, 2.45) is 0 Å². The normalized spacial score (nSPS) is 10.3. The summed E-state index contributed by atoms with van der Waals surface area (Å²) in [5.41, 5.74) is 2.44. The predicted octanol–water partition coefficient (Wildman–Crippen LogP) is 3.74. The molecule has 0 aliphatic rings. The first kappa shape index (κ1) is 14.5. The van der Waals surface area contributed by atoms with E-state index in [9.17, 15) is 9.90 Å². The van der Waals surface area contributed by atoms with Crippen molar-refractivity contribution in [3.05, 3.63) is 57.2 Å². The molecule has 0 unspecified atom stereocenters. The molecular weight excluding hydrogens is 322 g/mol. The van der Waals surface area contributed by atoms with E-state index < -0.39 is 5.97 Å². The number of aromatic carboxylic acids is 1. The molecule has 1 aromatic heterocycles. The van der Waals surface area contributed by atoms with Gasteiger partial charge in [-0.25, -0.2) is 9.78 Å². The van der Waals surface area contributed by atoms with Crippen molar-refractivity contribution < 1.29 is 14.6 Å². The van der Waals surface area contributed by atoms with Crippen LogP contribution < -0.4 is 4.74 Å². The number of hydrogen-bond acceptors (Lipinski definition) is 3. The van der Waals surface area contributed by atoms with Gasteiger partial charge in [-0.2, -0.15) is 0 Å². The topological polar surface area (TPSA) is 59.4 Å². The number of carbonyl (C=O) groups is 1. The number of rotatable bonds is 4. The summed E-state index contributed by atoms with van der Waals surface area (Å²) in [6.07, 6.45) is 0. The zero-order valence-electron chi connectivity index (χ0n) is 11.2. The Morgan fingerprint density at radius 2 is 2.10 bits per heavy atom. The molecular formula is C15H14BrNO3. The molecule has 0 aliphatic heterocycles. The number of carboxylic acid groups (broad SMARTS) is 1. The van der Waals surface area contributed by atoms with Gasteiger partial charge in [0.2, 0.25) is 5.88 Å². The summed E-state index contributed by atoms with van der Waals surface area (Å²) < 4.78 is 6.54. The number of hydrogen-bond donors (Lipinski definition) is 1. The Morgan fingerprint density at radius 3 is 2.75 bits per heavy atom. The average molecular weight is 336 g/mol. The third-order valence-corrected chi connectivity index (χ3v) is 3.28. The van der Waals surface area contributed by atoms with Crippen molar-refractivity contribution >= 4 is 21.9 Å². The van der Waals surface area contributed by atoms with Gasteiger partial charge in [-0.1, -0.05) is 28.1 Å². The molecule has 1 N–H and O–H groups in total. The lowest BCUT2D eigenvalue weighted by molar-refractivity contribution is 0.0689. The number of aromatic nitrogens is 1. The Labute approximate surface area is 125 Å². The fraction of sp³-hybridized carbons (Fsp3) is 0.200. The van der Waals surface area contributed by atoms with Gasteiger partial charge < -0.3 is 9.84 Å². The van der Waals surface area contributed by atoms with Crippen LogP contribution in [-0.4, -0.2) is 16.1 Å². The second-order valence-corrected chi connectivity index (χ2v) is 5.40. The minimum atomic E-state index is -1.03. The summed E-state index contributed by atoms with van der Waals surface area (Å²) in [6, 6.07) is 9.38. The Kier molecular flexibility index (Phi) is 4.39. The highest BCUT2D eigenvalue weighted by Gasteiger charge is 2.17. The van der Waals surface area contributed by atoms with Crippen LogP contribution in [0.1, 0.15) is 27.2 Å². The summed E-state index contributed by atoms with van der Waals surface area (Å²) in [7, 11) is 0. The molecule has 0 radical (unpaired) electrons. The SMILES string of the molecule is Cc1cc(C)c(C(=O)O)c(OCc2cccc(Br)c2)n1. The maximum absolute atomic E-state index is 11.3. The molecule has 104 valence electrons. The number of halogens is 1. The zero-order chi connectivity index (χ0) is 14.7. The Bertz CT molecular complexity index is 656. The number of aryl methyl sites for hydroxylation is 2. The smallest absolute Gasteiger partial charge is 0.341 e. The molecule has 0 saturated carbocycles. The molecule has 0 atom stereocenters. The van der Waals surface area contributed by atoms with Crippen molar-refractivity contribution in [3.8, 4) is 5.88 Å². The van der Waals surface area contributed by atoms with Gasteiger partial charge in [-0.05, 0) is 43.2 Å². The van der Waals surface area contributed by atoms with Crippen LogP contribution >= 0.6 is 15.9 Å². The summed E-state index contributed by atoms with van der Waals surface area (Å²) >= 11 is 3.38. The molecule has 2 aromatic rings. The molecule has 0 saturated heterocycles. The van der Waals surface area contributed by atoms with Crippen molar-refractivity contribution in [1.82, 2.24) is 4.98 Å². The van der Waals surface area contributed by atoms with E-state index >= 15 is 0 Å². The van der Waals surface area contributed by atoms with E-state index in [-0.39, 0.29) is 18.1 Å². The summed E-state index contributed by atoms with van der Waals surface area (Å²) in [5.74, 6) is -0.866. The predicted molar refractivity (Wildman–Crippen MR) is 79.1 cm³/mol. The lowest BCUT2D eigenvalue weighted by Gasteiger charge is -2.11. The Morgan fingerprint density at radius 1 is 1.35 bits per heavy atom. The molecule has 1 aromatic carbocycles. The van der Waals surface area contributed by atoms with Crippen LogP contribution in [0.25, 0.3) is 0 Å². The van der Waals surface area contributed by atoms with Crippen molar-refractivity contribution in [3.63, 3.8) is 0 Å². The van der Waals surface area contributed by atoms with Crippen LogP contribution in [0.2, 0.25) is 0 Å². The minimum absolute atomic E-state index is 0.116. The molecule has 5 heteroatoms. The van der Waals surface area contributed by atoms with Gasteiger partial charge in [0.15, 0.2) is 0 Å². The van der Waals surface area contributed by atoms with Crippen LogP contribution in [-0.2, 0) is 6.61 Å². The van der Waals surface area contributed by atoms with Crippen molar-refractivity contribution in [2.75, 3.05) is 0 Å². The van der Waals surface area contributed by atoms with Crippen LogP contribution in [0.4, 0.5) is 0 Å². The number of pyridine rings is 1. The van der Waals surface area contributed by atoms with Crippen LogP contribution in [0.3, 0.4) is 0 Å². The first-order valence-corrected chi connectivity index (χ1v) is 6.85. The largest absolute Gasteiger partial charge is 0.477 e. The monoisotopic (exact) mass is 335 g/mol. The third-order valence-electron chi connectivity index (χ3n) is 2.79. The fourth-order valence-corrected chi connectivity index (χ4v) is 2.39. The number of carboxylic acids is 1. The van der Waals surface area contributed by atoms with E-state index in [1.807, 2.05) is 31.2 Å². The van der Waals surface area contributed by atoms with Crippen molar-refractivity contribution in [2.45, 2.75) is 20.5 Å². The molecule has 20 heavy (non-hydrogen) atoms. The first-order chi connectivity index (χ1) is 9.47. The molecule has 0 spiro atoms. The molecule has 0 fully saturated rings. The van der Waals surface area contributed by atoms with Crippen LogP contribution in [0.5, 0.6) is 5.88 Å². The lowest BCUT2D eigenvalue weighted by Crippen LogP contribution is -2.08. The summed E-state index contributed by atoms with van der Waals surface area (Å²) in [5, 5.41) is 9.25. The summed E-state index contributed by atoms with van der Waals surface area (Å²) in [4.78, 5) is 15.5. The summed E-state index contributed by atoms with van der Waals surface area (Å²) in [6.45, 7) is 3.82. The van der Waals surface area contributed by atoms with E-state index in [0.717, 1.165) is 15.7 Å². The Hall–Kier alpha value is -1.88. The third kappa shape index (κ3) is 3.36. The maximum Gasteiger partial charge on any atom is 0.341 e. The highest BCUT2D eigenvalue weighted by atomic mass is 79.9. The second-order valence-electron chi connectivity index (χ2n) is 4.48. The first-order valence-electron chi connectivity index (χ1n) is 6.06. The Balaban J connectivity index is 2.27. The van der Waals surface area contributed by atoms with Gasteiger partial charge in [-0.3, -0.25) is 0 Å². The average Bonchev–Trinajstić information content (AvgIpc) is 2.35. The second kappa shape index (κ2) is 6.05. The maximum atomic E-state index is 11.3. The standard InChI is InChI=1S/C15H14BrNO3/c1-9-6-10(2)17-14(13(9)15(18)19)20-8-11-4-3-5-12(16)7-11/h3-7H,8H2,1-2H3,(H,18,19). The zero-order valence-corrected chi connectivity index (χ0v) is 12.8. The highest BCUT2D eigenvalue weighted by Crippen LogP contribution is 2.22. The lowest BCUT2D eigenvalue weighted by atomic mass is 10.1. The molecule has 0 aliphatic carbocycles. The van der Waals surface area contributed by atoms with Gasteiger partial charge in [0.05, 0.1) is 0 Å². The van der Waals surface area contributed by atoms with E-state index in [1.54, 1.807) is 13.0 Å². The van der Waals surface area contributed by atoms with E-state index in [4.69, 9.17) is 4.74 Å². The molecule has 4 nitrogen and oxygen atoms in total. The molecule has 2 rings (SSSR count). The van der Waals surface area contributed by atoms with Crippen LogP contribution in [0, 0.1) is 13.8 Å². The van der Waals surface area contributed by atoms with Gasteiger partial charge in [0, 0.05) is 10.2 Å². The van der Waals surface area contributed by atoms with Crippen LogP contribution in [0.15, 0.2) is 34.8 Å². The van der Waals surface area contributed by atoms with Gasteiger partial charge in [-0.15, -0.1) is 0 Å². The van der Waals surface area contributed by atoms with E-state index in [0.29, 0.717) is 5.56 Å². The molecule has 1 heterocycles. The quantitative estimate of drug-likeness (QED) is 0.924.